The summed E-state index contributed by atoms with van der Waals surface area (Å²) in [6.45, 7) is -0.565. The molecule has 1 unspecified atom stereocenters. The van der Waals surface area contributed by atoms with Crippen molar-refractivity contribution in [1.29, 1.82) is 0 Å². The third-order valence-electron chi connectivity index (χ3n) is 1.93. The van der Waals surface area contributed by atoms with Gasteiger partial charge in [-0.1, -0.05) is 30.3 Å². The first-order valence-corrected chi connectivity index (χ1v) is 6.38. The van der Waals surface area contributed by atoms with Gasteiger partial charge in [-0.15, -0.1) is 0 Å². The van der Waals surface area contributed by atoms with Gasteiger partial charge in [-0.05, 0) is 5.56 Å². The summed E-state index contributed by atoms with van der Waals surface area (Å²) in [4.78, 5) is 10.4. The van der Waals surface area contributed by atoms with E-state index in [0.717, 1.165) is 0 Å². The minimum Gasteiger partial charge on any atom is -0.480 e. The van der Waals surface area contributed by atoms with Crippen molar-refractivity contribution in [3.8, 4) is 0 Å². The van der Waals surface area contributed by atoms with Gasteiger partial charge in [-0.3, -0.25) is 8.98 Å². The highest BCUT2D eigenvalue weighted by Crippen LogP contribution is 2.07. The lowest BCUT2D eigenvalue weighted by Crippen LogP contribution is -2.35. The third-order valence-corrected chi connectivity index (χ3v) is 3.11. The van der Waals surface area contributed by atoms with Crippen LogP contribution in [0.5, 0.6) is 0 Å². The fraction of sp³-hybridized carbons (Fsp3) is 0.300. The van der Waals surface area contributed by atoms with Crippen molar-refractivity contribution in [2.24, 2.45) is 5.73 Å². The summed E-state index contributed by atoms with van der Waals surface area (Å²) in [6, 6.07) is 7.09. The SMILES string of the molecule is NC(COS(=O)(=O)Cc1ccccc1)C(=O)O. The van der Waals surface area contributed by atoms with E-state index in [1.54, 1.807) is 30.3 Å². The van der Waals surface area contributed by atoms with Crippen molar-refractivity contribution >= 4 is 16.1 Å². The van der Waals surface area contributed by atoms with Crippen molar-refractivity contribution in [3.63, 3.8) is 0 Å². The second-order valence-electron chi connectivity index (χ2n) is 3.42. The van der Waals surface area contributed by atoms with E-state index < -0.39 is 28.7 Å². The van der Waals surface area contributed by atoms with Crippen LogP contribution in [0.2, 0.25) is 0 Å². The number of rotatable bonds is 6. The molecule has 17 heavy (non-hydrogen) atoms. The van der Waals surface area contributed by atoms with Crippen LogP contribution in [-0.2, 0) is 24.8 Å². The van der Waals surface area contributed by atoms with Crippen LogP contribution in [0, 0.1) is 0 Å². The summed E-state index contributed by atoms with van der Waals surface area (Å²) in [5.41, 5.74) is 5.69. The molecule has 0 fully saturated rings. The van der Waals surface area contributed by atoms with Gasteiger partial charge in [0, 0.05) is 0 Å². The molecule has 0 saturated carbocycles. The normalized spacial score (nSPS) is 13.2. The monoisotopic (exact) mass is 259 g/mol. The van der Waals surface area contributed by atoms with Crippen LogP contribution in [0.4, 0.5) is 0 Å². The lowest BCUT2D eigenvalue weighted by atomic mass is 10.2. The molecule has 0 aliphatic rings. The highest BCUT2D eigenvalue weighted by Gasteiger charge is 2.18. The van der Waals surface area contributed by atoms with E-state index in [9.17, 15) is 13.2 Å². The molecule has 0 aromatic heterocycles. The van der Waals surface area contributed by atoms with Gasteiger partial charge in [0.2, 0.25) is 0 Å². The van der Waals surface area contributed by atoms with Crippen LogP contribution in [0.1, 0.15) is 5.56 Å². The van der Waals surface area contributed by atoms with Crippen molar-refractivity contribution in [1.82, 2.24) is 0 Å². The average molecular weight is 259 g/mol. The number of carboxylic acid groups (broad SMARTS) is 1. The van der Waals surface area contributed by atoms with Gasteiger partial charge < -0.3 is 10.8 Å². The van der Waals surface area contributed by atoms with E-state index in [1.165, 1.54) is 0 Å². The zero-order valence-electron chi connectivity index (χ0n) is 8.94. The predicted octanol–water partition coefficient (Wildman–Crippen LogP) is -0.0551. The number of hydrogen-bond acceptors (Lipinski definition) is 5. The summed E-state index contributed by atoms with van der Waals surface area (Å²) in [5.74, 6) is -1.61. The molecule has 0 amide bonds. The van der Waals surface area contributed by atoms with E-state index >= 15 is 0 Å². The first kappa shape index (κ1) is 13.6. The van der Waals surface area contributed by atoms with E-state index in [2.05, 4.69) is 4.18 Å². The summed E-state index contributed by atoms with van der Waals surface area (Å²) in [7, 11) is -3.81. The van der Waals surface area contributed by atoms with Crippen LogP contribution >= 0.6 is 0 Å². The van der Waals surface area contributed by atoms with Gasteiger partial charge in [0.25, 0.3) is 10.1 Å². The predicted molar refractivity (Wildman–Crippen MR) is 60.6 cm³/mol. The maximum Gasteiger partial charge on any atom is 0.322 e. The Morgan fingerprint density at radius 1 is 1.35 bits per heavy atom. The van der Waals surface area contributed by atoms with E-state index in [-0.39, 0.29) is 5.75 Å². The van der Waals surface area contributed by atoms with Gasteiger partial charge in [-0.2, -0.15) is 8.42 Å². The van der Waals surface area contributed by atoms with Crippen molar-refractivity contribution in [3.05, 3.63) is 35.9 Å². The Morgan fingerprint density at radius 3 is 2.47 bits per heavy atom. The average Bonchev–Trinajstić information content (AvgIpc) is 2.26. The summed E-state index contributed by atoms with van der Waals surface area (Å²) >= 11 is 0. The van der Waals surface area contributed by atoms with Gasteiger partial charge in [0.15, 0.2) is 0 Å². The fourth-order valence-corrected chi connectivity index (χ4v) is 2.11. The van der Waals surface area contributed by atoms with Gasteiger partial charge in [0.1, 0.15) is 11.8 Å². The molecule has 7 heteroatoms. The fourth-order valence-electron chi connectivity index (χ4n) is 1.07. The Balaban J connectivity index is 2.56. The highest BCUT2D eigenvalue weighted by molar-refractivity contribution is 7.85. The van der Waals surface area contributed by atoms with Crippen LogP contribution in [0.25, 0.3) is 0 Å². The number of nitrogens with two attached hydrogens (primary N) is 1. The Hall–Kier alpha value is -1.44. The zero-order valence-corrected chi connectivity index (χ0v) is 9.76. The Kier molecular flexibility index (Phi) is 4.62. The van der Waals surface area contributed by atoms with Gasteiger partial charge >= 0.3 is 5.97 Å². The van der Waals surface area contributed by atoms with Gasteiger partial charge in [0.05, 0.1) is 6.61 Å². The molecular weight excluding hydrogens is 246 g/mol. The maximum atomic E-state index is 11.5. The second kappa shape index (κ2) is 5.76. The minimum absolute atomic E-state index is 0.305. The summed E-state index contributed by atoms with van der Waals surface area (Å²) < 4.78 is 27.4. The molecule has 6 nitrogen and oxygen atoms in total. The standard InChI is InChI=1S/C10H13NO5S/c11-9(10(12)13)6-16-17(14,15)7-8-4-2-1-3-5-8/h1-5,9H,6-7,11H2,(H,12,13). The topological polar surface area (TPSA) is 107 Å². The third kappa shape index (κ3) is 4.94. The minimum atomic E-state index is -3.81. The quantitative estimate of drug-likeness (QED) is 0.693. The van der Waals surface area contributed by atoms with Crippen molar-refractivity contribution < 1.29 is 22.5 Å². The van der Waals surface area contributed by atoms with Crippen LogP contribution in [0.3, 0.4) is 0 Å². The highest BCUT2D eigenvalue weighted by atomic mass is 32.2. The van der Waals surface area contributed by atoms with Crippen LogP contribution in [-0.4, -0.2) is 32.1 Å². The van der Waals surface area contributed by atoms with E-state index in [4.69, 9.17) is 10.8 Å². The Labute approximate surface area is 99.1 Å². The number of carboxylic acids is 1. The zero-order chi connectivity index (χ0) is 12.9. The van der Waals surface area contributed by atoms with Crippen molar-refractivity contribution in [2.75, 3.05) is 6.61 Å². The van der Waals surface area contributed by atoms with E-state index in [0.29, 0.717) is 5.56 Å². The summed E-state index contributed by atoms with van der Waals surface area (Å²) in [6.07, 6.45) is 0. The van der Waals surface area contributed by atoms with Gasteiger partial charge in [-0.25, -0.2) is 0 Å². The lowest BCUT2D eigenvalue weighted by molar-refractivity contribution is -0.139. The second-order valence-corrected chi connectivity index (χ2v) is 5.06. The Morgan fingerprint density at radius 2 is 1.94 bits per heavy atom. The molecule has 0 saturated heterocycles. The molecule has 1 rings (SSSR count). The number of hydrogen-bond donors (Lipinski definition) is 2. The molecule has 1 aromatic rings. The first-order valence-electron chi connectivity index (χ1n) is 4.80. The molecule has 1 atom stereocenters. The molecule has 3 N–H and O–H groups in total. The molecule has 94 valence electrons. The largest absolute Gasteiger partial charge is 0.480 e. The smallest absolute Gasteiger partial charge is 0.322 e. The van der Waals surface area contributed by atoms with Crippen LogP contribution < -0.4 is 5.73 Å². The Bertz CT molecular complexity index is 471. The number of aliphatic carboxylic acids is 1. The summed E-state index contributed by atoms with van der Waals surface area (Å²) in [5, 5.41) is 8.47. The molecular formula is C10H13NO5S. The number of carbonyl (C=O) groups is 1. The van der Waals surface area contributed by atoms with E-state index in [1.807, 2.05) is 0 Å². The lowest BCUT2D eigenvalue weighted by Gasteiger charge is -2.08. The van der Waals surface area contributed by atoms with Crippen molar-refractivity contribution in [2.45, 2.75) is 11.8 Å². The molecule has 0 aliphatic heterocycles. The molecule has 0 radical (unpaired) electrons. The number of benzene rings is 1. The molecule has 0 spiro atoms. The molecule has 1 aromatic carbocycles. The maximum absolute atomic E-state index is 11.5. The van der Waals surface area contributed by atoms with Crippen LogP contribution in [0.15, 0.2) is 30.3 Å². The first-order chi connectivity index (χ1) is 7.91. The molecule has 0 aliphatic carbocycles. The molecule has 0 heterocycles. The molecule has 0 bridgehead atoms.